The summed E-state index contributed by atoms with van der Waals surface area (Å²) in [5.41, 5.74) is 0. The normalized spacial score (nSPS) is 12.2. The highest BCUT2D eigenvalue weighted by atomic mass is 32.2. The van der Waals surface area contributed by atoms with E-state index in [1.165, 1.54) is 6.92 Å². The third-order valence-electron chi connectivity index (χ3n) is 1.68. The van der Waals surface area contributed by atoms with Crippen LogP contribution in [0.1, 0.15) is 33.6 Å². The summed E-state index contributed by atoms with van der Waals surface area (Å²) in [6.45, 7) is 5.58. The minimum atomic E-state index is -0.0237. The topological polar surface area (TPSA) is 46.2 Å². The fraction of sp³-hybridized carbons (Fsp3) is 0.800. The van der Waals surface area contributed by atoms with E-state index in [9.17, 15) is 9.59 Å². The average Bonchev–Trinajstić information content (AvgIpc) is 2.11. The maximum Gasteiger partial charge on any atom is 0.220 e. The zero-order chi connectivity index (χ0) is 11.0. The largest absolute Gasteiger partial charge is 0.353 e. The average molecular weight is 217 g/mol. The van der Waals surface area contributed by atoms with Crippen molar-refractivity contribution in [3.8, 4) is 0 Å². The molecule has 0 heterocycles. The van der Waals surface area contributed by atoms with Crippen LogP contribution in [0, 0.1) is 0 Å². The second-order valence-corrected chi connectivity index (χ2v) is 4.65. The summed E-state index contributed by atoms with van der Waals surface area (Å²) in [5, 5.41) is 2.86. The minimum Gasteiger partial charge on any atom is -0.353 e. The van der Waals surface area contributed by atoms with Crippen molar-refractivity contribution in [1.82, 2.24) is 5.32 Å². The van der Waals surface area contributed by atoms with Crippen molar-refractivity contribution in [2.24, 2.45) is 0 Å². The maximum absolute atomic E-state index is 11.2. The summed E-state index contributed by atoms with van der Waals surface area (Å²) in [7, 11) is 0. The lowest BCUT2D eigenvalue weighted by molar-refractivity contribution is -0.125. The molecule has 3 nitrogen and oxygen atoms in total. The molecule has 4 heteroatoms. The molecule has 0 aliphatic heterocycles. The summed E-state index contributed by atoms with van der Waals surface area (Å²) < 4.78 is 0. The van der Waals surface area contributed by atoms with Crippen LogP contribution in [0.15, 0.2) is 0 Å². The van der Waals surface area contributed by atoms with Gasteiger partial charge >= 0.3 is 0 Å². The summed E-state index contributed by atoms with van der Waals surface area (Å²) >= 11 is 1.80. The smallest absolute Gasteiger partial charge is 0.220 e. The fourth-order valence-electron chi connectivity index (χ4n) is 0.973. The van der Waals surface area contributed by atoms with E-state index in [-0.39, 0.29) is 17.7 Å². The van der Waals surface area contributed by atoms with E-state index in [0.717, 1.165) is 11.5 Å². The van der Waals surface area contributed by atoms with Crippen LogP contribution in [0.3, 0.4) is 0 Å². The van der Waals surface area contributed by atoms with Crippen molar-refractivity contribution in [3.05, 3.63) is 0 Å². The van der Waals surface area contributed by atoms with Gasteiger partial charge in [0.15, 0.2) is 0 Å². The second-order valence-electron chi connectivity index (χ2n) is 3.33. The predicted molar refractivity (Wildman–Crippen MR) is 60.5 cm³/mol. The monoisotopic (exact) mass is 217 g/mol. The number of carbonyl (C=O) groups is 2. The lowest BCUT2D eigenvalue weighted by atomic mass is 10.2. The summed E-state index contributed by atoms with van der Waals surface area (Å²) in [6.07, 6.45) is 0.663. The Balaban J connectivity index is 3.55. The van der Waals surface area contributed by atoms with E-state index < -0.39 is 0 Å². The number of rotatable bonds is 7. The lowest BCUT2D eigenvalue weighted by Crippen LogP contribution is -2.34. The Morgan fingerprint density at radius 2 is 2.00 bits per heavy atom. The van der Waals surface area contributed by atoms with Crippen LogP contribution in [-0.4, -0.2) is 29.2 Å². The van der Waals surface area contributed by atoms with E-state index in [4.69, 9.17) is 0 Å². The molecule has 1 unspecified atom stereocenters. The Hall–Kier alpha value is -0.510. The maximum atomic E-state index is 11.2. The van der Waals surface area contributed by atoms with Crippen LogP contribution in [-0.2, 0) is 9.59 Å². The van der Waals surface area contributed by atoms with Crippen molar-refractivity contribution in [2.45, 2.75) is 39.7 Å². The number of nitrogens with one attached hydrogen (secondary N) is 1. The van der Waals surface area contributed by atoms with Gasteiger partial charge in [-0.2, -0.15) is 11.8 Å². The molecule has 1 atom stereocenters. The third-order valence-corrected chi connectivity index (χ3v) is 2.83. The van der Waals surface area contributed by atoms with Crippen molar-refractivity contribution in [3.63, 3.8) is 0 Å². The van der Waals surface area contributed by atoms with Gasteiger partial charge in [-0.15, -0.1) is 0 Å². The molecule has 1 amide bonds. The Morgan fingerprint density at radius 1 is 1.36 bits per heavy atom. The molecule has 0 aromatic rings. The molecule has 0 radical (unpaired) electrons. The van der Waals surface area contributed by atoms with Gasteiger partial charge in [0, 0.05) is 24.6 Å². The third kappa shape index (κ3) is 8.10. The zero-order valence-electron chi connectivity index (χ0n) is 9.13. The van der Waals surface area contributed by atoms with Gasteiger partial charge in [0.05, 0.1) is 0 Å². The van der Waals surface area contributed by atoms with Crippen LogP contribution in [0.2, 0.25) is 0 Å². The molecule has 82 valence electrons. The molecule has 0 saturated carbocycles. The van der Waals surface area contributed by atoms with Gasteiger partial charge in [0.1, 0.15) is 5.78 Å². The summed E-state index contributed by atoms with van der Waals surface area (Å²) in [6, 6.07) is 0.194. The first-order valence-electron chi connectivity index (χ1n) is 4.92. The first-order valence-corrected chi connectivity index (χ1v) is 6.08. The van der Waals surface area contributed by atoms with Crippen LogP contribution < -0.4 is 5.32 Å². The van der Waals surface area contributed by atoms with E-state index in [2.05, 4.69) is 12.2 Å². The van der Waals surface area contributed by atoms with Gasteiger partial charge in [-0.3, -0.25) is 4.79 Å². The van der Waals surface area contributed by atoms with Gasteiger partial charge in [0.2, 0.25) is 5.91 Å². The SMILES string of the molecule is CCSCC(C)NC(=O)CCC(C)=O. The van der Waals surface area contributed by atoms with Crippen LogP contribution >= 0.6 is 11.8 Å². The Kier molecular flexibility index (Phi) is 7.57. The Bertz CT molecular complexity index is 195. The highest BCUT2D eigenvalue weighted by molar-refractivity contribution is 7.99. The van der Waals surface area contributed by atoms with E-state index in [0.29, 0.717) is 12.8 Å². The molecule has 14 heavy (non-hydrogen) atoms. The van der Waals surface area contributed by atoms with Crippen molar-refractivity contribution in [2.75, 3.05) is 11.5 Å². The molecule has 0 saturated heterocycles. The molecule has 0 aliphatic rings. The van der Waals surface area contributed by atoms with E-state index >= 15 is 0 Å². The summed E-state index contributed by atoms with van der Waals surface area (Å²) in [4.78, 5) is 21.9. The van der Waals surface area contributed by atoms with Gasteiger partial charge in [0.25, 0.3) is 0 Å². The second kappa shape index (κ2) is 7.85. The molecule has 0 aliphatic carbocycles. The molecule has 0 bridgehead atoms. The minimum absolute atomic E-state index is 0.0237. The van der Waals surface area contributed by atoms with E-state index in [1.54, 1.807) is 11.8 Å². The van der Waals surface area contributed by atoms with Crippen molar-refractivity contribution < 1.29 is 9.59 Å². The fourth-order valence-corrected chi connectivity index (χ4v) is 1.65. The Labute approximate surface area is 90.0 Å². The first kappa shape index (κ1) is 13.5. The van der Waals surface area contributed by atoms with Gasteiger partial charge < -0.3 is 10.1 Å². The number of thioether (sulfide) groups is 1. The number of ketones is 1. The van der Waals surface area contributed by atoms with Crippen molar-refractivity contribution >= 4 is 23.5 Å². The molecule has 0 rings (SSSR count). The number of amides is 1. The number of hydrogen-bond acceptors (Lipinski definition) is 3. The zero-order valence-corrected chi connectivity index (χ0v) is 9.95. The number of hydrogen-bond donors (Lipinski definition) is 1. The predicted octanol–water partition coefficient (Wildman–Crippen LogP) is 1.61. The number of carbonyl (C=O) groups excluding carboxylic acids is 2. The summed E-state index contributed by atoms with van der Waals surface area (Å²) in [5.74, 6) is 2.04. The molecular weight excluding hydrogens is 198 g/mol. The highest BCUT2D eigenvalue weighted by Crippen LogP contribution is 2.01. The van der Waals surface area contributed by atoms with Crippen LogP contribution in [0.5, 0.6) is 0 Å². The van der Waals surface area contributed by atoms with Gasteiger partial charge in [-0.25, -0.2) is 0 Å². The molecule has 0 aromatic heterocycles. The number of Topliss-reactive ketones (excluding diaryl/α,β-unsaturated/α-hetero) is 1. The molecule has 0 aromatic carbocycles. The lowest BCUT2D eigenvalue weighted by Gasteiger charge is -2.12. The quantitative estimate of drug-likeness (QED) is 0.705. The van der Waals surface area contributed by atoms with Crippen LogP contribution in [0.25, 0.3) is 0 Å². The van der Waals surface area contributed by atoms with Gasteiger partial charge in [-0.1, -0.05) is 6.92 Å². The highest BCUT2D eigenvalue weighted by Gasteiger charge is 2.07. The molecule has 0 spiro atoms. The van der Waals surface area contributed by atoms with Crippen LogP contribution in [0.4, 0.5) is 0 Å². The van der Waals surface area contributed by atoms with E-state index in [1.807, 2.05) is 6.92 Å². The first-order chi connectivity index (χ1) is 6.56. The van der Waals surface area contributed by atoms with Crippen molar-refractivity contribution in [1.29, 1.82) is 0 Å². The molecular formula is C10H19NO2S. The molecule has 1 N–H and O–H groups in total. The standard InChI is InChI=1S/C10H19NO2S/c1-4-14-7-8(2)11-10(13)6-5-9(3)12/h8H,4-7H2,1-3H3,(H,11,13). The molecule has 0 fully saturated rings. The van der Waals surface area contributed by atoms with Gasteiger partial charge in [-0.05, 0) is 19.6 Å². The Morgan fingerprint density at radius 3 is 2.50 bits per heavy atom.